The van der Waals surface area contributed by atoms with Gasteiger partial charge in [0, 0.05) is 26.7 Å². The third-order valence-corrected chi connectivity index (χ3v) is 3.24. The molecule has 0 aliphatic heterocycles. The highest BCUT2D eigenvalue weighted by molar-refractivity contribution is 4.93. The molecule has 0 aromatic carbocycles. The van der Waals surface area contributed by atoms with Crippen molar-refractivity contribution in [1.29, 1.82) is 0 Å². The first-order chi connectivity index (χ1) is 6.71. The fraction of sp³-hybridized carbons (Fsp3) is 0.846. The monoisotopic (exact) mass is 212 g/mol. The van der Waals surface area contributed by atoms with Gasteiger partial charge in [-0.1, -0.05) is 27.4 Å². The van der Waals surface area contributed by atoms with Crippen molar-refractivity contribution in [3.63, 3.8) is 0 Å². The van der Waals surface area contributed by atoms with E-state index in [4.69, 9.17) is 0 Å². The van der Waals surface area contributed by atoms with Gasteiger partial charge in [0.05, 0.1) is 5.82 Å². The molecular weight excluding hydrogens is 184 g/mol. The standard InChI is InChI=1S/C13H28N2/c1-9-13(5,6)10-14(7)12(4)15(8)11(2)3/h11H,4,9-10H2,1-3,5-8H3. The second-order valence-electron chi connectivity index (χ2n) is 5.49. The Hall–Kier alpha value is -0.660. The van der Waals surface area contributed by atoms with Gasteiger partial charge in [-0.15, -0.1) is 0 Å². The smallest absolute Gasteiger partial charge is 0.0962 e. The summed E-state index contributed by atoms with van der Waals surface area (Å²) in [6.45, 7) is 16.4. The molecule has 0 aromatic heterocycles. The summed E-state index contributed by atoms with van der Waals surface area (Å²) in [7, 11) is 4.22. The topological polar surface area (TPSA) is 6.48 Å². The van der Waals surface area contributed by atoms with Gasteiger partial charge in [-0.2, -0.15) is 0 Å². The van der Waals surface area contributed by atoms with E-state index in [0.29, 0.717) is 11.5 Å². The van der Waals surface area contributed by atoms with Gasteiger partial charge in [0.1, 0.15) is 0 Å². The first-order valence-corrected chi connectivity index (χ1v) is 5.84. The highest BCUT2D eigenvalue weighted by Crippen LogP contribution is 2.22. The molecule has 0 unspecified atom stereocenters. The van der Waals surface area contributed by atoms with E-state index in [1.165, 1.54) is 6.42 Å². The molecule has 0 bridgehead atoms. The van der Waals surface area contributed by atoms with Crippen LogP contribution in [0.2, 0.25) is 0 Å². The largest absolute Gasteiger partial charge is 0.361 e. The number of hydrogen-bond acceptors (Lipinski definition) is 2. The lowest BCUT2D eigenvalue weighted by molar-refractivity contribution is 0.176. The summed E-state index contributed by atoms with van der Waals surface area (Å²) in [6.07, 6.45) is 1.19. The zero-order chi connectivity index (χ0) is 12.2. The van der Waals surface area contributed by atoms with Crippen LogP contribution in [-0.2, 0) is 0 Å². The zero-order valence-electron chi connectivity index (χ0n) is 11.6. The van der Waals surface area contributed by atoms with Crippen LogP contribution in [0, 0.1) is 5.41 Å². The molecular formula is C13H28N2. The summed E-state index contributed by atoms with van der Waals surface area (Å²) in [6, 6.07) is 0.504. The Morgan fingerprint density at radius 1 is 1.27 bits per heavy atom. The SMILES string of the molecule is C=C(N(C)CC(C)(C)CC)N(C)C(C)C. The third kappa shape index (κ3) is 4.59. The van der Waals surface area contributed by atoms with Crippen molar-refractivity contribution in [2.45, 2.75) is 47.1 Å². The lowest BCUT2D eigenvalue weighted by Crippen LogP contribution is -2.38. The minimum atomic E-state index is 0.357. The Morgan fingerprint density at radius 3 is 2.07 bits per heavy atom. The van der Waals surface area contributed by atoms with Gasteiger partial charge in [0.15, 0.2) is 0 Å². The summed E-state index contributed by atoms with van der Waals surface area (Å²) in [5.41, 5.74) is 0.357. The maximum Gasteiger partial charge on any atom is 0.0962 e. The van der Waals surface area contributed by atoms with Crippen LogP contribution < -0.4 is 0 Å². The van der Waals surface area contributed by atoms with Gasteiger partial charge in [0.25, 0.3) is 0 Å². The zero-order valence-corrected chi connectivity index (χ0v) is 11.6. The van der Waals surface area contributed by atoms with E-state index < -0.39 is 0 Å². The lowest BCUT2D eigenvalue weighted by atomic mass is 9.90. The molecule has 0 amide bonds. The van der Waals surface area contributed by atoms with E-state index in [0.717, 1.165) is 12.4 Å². The highest BCUT2D eigenvalue weighted by Gasteiger charge is 2.20. The average Bonchev–Trinajstić information content (AvgIpc) is 2.14. The van der Waals surface area contributed by atoms with Gasteiger partial charge >= 0.3 is 0 Å². The van der Waals surface area contributed by atoms with E-state index in [9.17, 15) is 0 Å². The van der Waals surface area contributed by atoms with Gasteiger partial charge in [-0.05, 0) is 25.7 Å². The Morgan fingerprint density at radius 2 is 1.73 bits per heavy atom. The van der Waals surface area contributed by atoms with Crippen LogP contribution in [0.15, 0.2) is 12.4 Å². The minimum Gasteiger partial charge on any atom is -0.361 e. The molecule has 0 aliphatic carbocycles. The van der Waals surface area contributed by atoms with Crippen LogP contribution in [0.4, 0.5) is 0 Å². The van der Waals surface area contributed by atoms with E-state index >= 15 is 0 Å². The van der Waals surface area contributed by atoms with Crippen molar-refractivity contribution >= 4 is 0 Å². The van der Waals surface area contributed by atoms with Gasteiger partial charge in [-0.25, -0.2) is 0 Å². The predicted molar refractivity (Wildman–Crippen MR) is 68.7 cm³/mol. The molecule has 15 heavy (non-hydrogen) atoms. The fourth-order valence-corrected chi connectivity index (χ4v) is 1.41. The number of hydrogen-bond donors (Lipinski definition) is 0. The maximum absolute atomic E-state index is 4.15. The molecule has 0 heterocycles. The van der Waals surface area contributed by atoms with Crippen molar-refractivity contribution in [3.05, 3.63) is 12.4 Å². The first kappa shape index (κ1) is 14.3. The molecule has 0 radical (unpaired) electrons. The highest BCUT2D eigenvalue weighted by atomic mass is 15.3. The quantitative estimate of drug-likeness (QED) is 0.667. The summed E-state index contributed by atoms with van der Waals surface area (Å²) in [5.74, 6) is 1.10. The van der Waals surface area contributed by atoms with Crippen molar-refractivity contribution in [2.75, 3.05) is 20.6 Å². The first-order valence-electron chi connectivity index (χ1n) is 5.84. The molecule has 0 spiro atoms. The van der Waals surface area contributed by atoms with E-state index in [2.05, 4.69) is 65.1 Å². The number of nitrogens with zero attached hydrogens (tertiary/aromatic N) is 2. The minimum absolute atomic E-state index is 0.357. The molecule has 0 rings (SSSR count). The molecule has 0 atom stereocenters. The molecule has 0 N–H and O–H groups in total. The summed E-state index contributed by atoms with van der Waals surface area (Å²) in [4.78, 5) is 4.47. The van der Waals surface area contributed by atoms with Gasteiger partial charge in [0.2, 0.25) is 0 Å². The Balaban J connectivity index is 4.34. The van der Waals surface area contributed by atoms with Crippen molar-refractivity contribution in [1.82, 2.24) is 9.80 Å². The van der Waals surface area contributed by atoms with Gasteiger partial charge in [-0.3, -0.25) is 0 Å². The van der Waals surface area contributed by atoms with Crippen molar-refractivity contribution in [2.24, 2.45) is 5.41 Å². The second-order valence-corrected chi connectivity index (χ2v) is 5.49. The molecule has 2 heteroatoms. The maximum atomic E-state index is 4.15. The van der Waals surface area contributed by atoms with Crippen LogP contribution in [0.3, 0.4) is 0 Å². The lowest BCUT2D eigenvalue weighted by Gasteiger charge is -2.37. The van der Waals surface area contributed by atoms with Crippen LogP contribution in [-0.4, -0.2) is 36.5 Å². The van der Waals surface area contributed by atoms with Crippen molar-refractivity contribution < 1.29 is 0 Å². The van der Waals surface area contributed by atoms with Crippen molar-refractivity contribution in [3.8, 4) is 0 Å². The number of rotatable bonds is 6. The van der Waals surface area contributed by atoms with Gasteiger partial charge < -0.3 is 9.80 Å². The predicted octanol–water partition coefficient (Wildman–Crippen LogP) is 3.17. The normalized spacial score (nSPS) is 11.7. The third-order valence-electron chi connectivity index (χ3n) is 3.24. The molecule has 0 aliphatic rings. The fourth-order valence-electron chi connectivity index (χ4n) is 1.41. The molecule has 2 nitrogen and oxygen atoms in total. The van der Waals surface area contributed by atoms with E-state index in [-0.39, 0.29) is 0 Å². The summed E-state index contributed by atoms with van der Waals surface area (Å²) >= 11 is 0. The van der Waals surface area contributed by atoms with Crippen LogP contribution in [0.5, 0.6) is 0 Å². The van der Waals surface area contributed by atoms with Crippen LogP contribution >= 0.6 is 0 Å². The molecule has 0 aromatic rings. The Labute approximate surface area is 95.9 Å². The molecule has 0 fully saturated rings. The molecule has 0 saturated heterocycles. The summed E-state index contributed by atoms with van der Waals surface area (Å²) in [5, 5.41) is 0. The van der Waals surface area contributed by atoms with E-state index in [1.807, 2.05) is 0 Å². The van der Waals surface area contributed by atoms with Crippen LogP contribution in [0.1, 0.15) is 41.0 Å². The van der Waals surface area contributed by atoms with Crippen LogP contribution in [0.25, 0.3) is 0 Å². The molecule has 0 saturated carbocycles. The Kier molecular flexibility index (Phi) is 5.19. The Bertz CT molecular complexity index is 207. The van der Waals surface area contributed by atoms with E-state index in [1.54, 1.807) is 0 Å². The summed E-state index contributed by atoms with van der Waals surface area (Å²) < 4.78 is 0. The molecule has 90 valence electrons. The average molecular weight is 212 g/mol. The second kappa shape index (κ2) is 5.43.